The van der Waals surface area contributed by atoms with Crippen molar-refractivity contribution >= 4 is 5.91 Å². The predicted octanol–water partition coefficient (Wildman–Crippen LogP) is 3.82. The largest absolute Gasteiger partial charge is 0.457 e. The number of halogens is 1. The summed E-state index contributed by atoms with van der Waals surface area (Å²) in [5.74, 6) is 0.778. The van der Waals surface area contributed by atoms with Crippen molar-refractivity contribution in [3.8, 4) is 11.5 Å². The first-order chi connectivity index (χ1) is 10.1. The maximum Gasteiger partial charge on any atom is 0.217 e. The molecular weight excluding hydrogens is 269 g/mol. The highest BCUT2D eigenvalue weighted by Gasteiger charge is 2.00. The number of hydrogen-bond donors (Lipinski definition) is 1. The summed E-state index contributed by atoms with van der Waals surface area (Å²) in [5, 5.41) is 0. The molecule has 0 fully saturated rings. The molecule has 4 heteroatoms. The van der Waals surface area contributed by atoms with Gasteiger partial charge in [0.2, 0.25) is 5.91 Å². The smallest absolute Gasteiger partial charge is 0.217 e. The van der Waals surface area contributed by atoms with Crippen LogP contribution < -0.4 is 10.5 Å². The highest BCUT2D eigenvalue weighted by atomic mass is 19.1. The van der Waals surface area contributed by atoms with E-state index in [0.717, 1.165) is 19.3 Å². The van der Waals surface area contributed by atoms with Gasteiger partial charge in [0.1, 0.15) is 17.3 Å². The van der Waals surface area contributed by atoms with Gasteiger partial charge in [-0.25, -0.2) is 4.39 Å². The number of hydrogen-bond acceptors (Lipinski definition) is 2. The lowest BCUT2D eigenvalue weighted by Gasteiger charge is -2.07. The minimum atomic E-state index is -0.284. The Balaban J connectivity index is 1.84. The van der Waals surface area contributed by atoms with Crippen LogP contribution in [0.4, 0.5) is 4.39 Å². The summed E-state index contributed by atoms with van der Waals surface area (Å²) in [6.07, 6.45) is 3.08. The summed E-state index contributed by atoms with van der Waals surface area (Å²) in [7, 11) is 0. The quantitative estimate of drug-likeness (QED) is 0.787. The van der Waals surface area contributed by atoms with Crippen molar-refractivity contribution in [1.82, 2.24) is 0 Å². The van der Waals surface area contributed by atoms with Crippen molar-refractivity contribution in [3.63, 3.8) is 0 Å². The zero-order chi connectivity index (χ0) is 15.1. The maximum absolute atomic E-state index is 12.8. The van der Waals surface area contributed by atoms with E-state index >= 15 is 0 Å². The third-order valence-corrected chi connectivity index (χ3v) is 3.11. The van der Waals surface area contributed by atoms with E-state index in [9.17, 15) is 9.18 Å². The van der Waals surface area contributed by atoms with E-state index in [0.29, 0.717) is 17.9 Å². The van der Waals surface area contributed by atoms with Crippen molar-refractivity contribution in [2.24, 2.45) is 5.73 Å². The number of carbonyl (C=O) groups is 1. The van der Waals surface area contributed by atoms with Crippen LogP contribution in [0.5, 0.6) is 11.5 Å². The lowest BCUT2D eigenvalue weighted by molar-refractivity contribution is -0.118. The Morgan fingerprint density at radius 3 is 2.10 bits per heavy atom. The van der Waals surface area contributed by atoms with Crippen molar-refractivity contribution in [3.05, 3.63) is 59.9 Å². The topological polar surface area (TPSA) is 52.3 Å². The van der Waals surface area contributed by atoms with E-state index in [4.69, 9.17) is 10.5 Å². The SMILES string of the molecule is NC(=O)CCCCc1ccc(Oc2ccc(F)cc2)cc1. The molecule has 2 rings (SSSR count). The molecule has 0 aliphatic rings. The van der Waals surface area contributed by atoms with Crippen molar-refractivity contribution in [2.75, 3.05) is 0 Å². The molecule has 21 heavy (non-hydrogen) atoms. The average molecular weight is 287 g/mol. The van der Waals surface area contributed by atoms with E-state index in [1.165, 1.54) is 17.7 Å². The molecule has 0 saturated heterocycles. The highest BCUT2D eigenvalue weighted by Crippen LogP contribution is 2.22. The van der Waals surface area contributed by atoms with E-state index < -0.39 is 0 Å². The van der Waals surface area contributed by atoms with Gasteiger partial charge >= 0.3 is 0 Å². The molecule has 0 saturated carbocycles. The van der Waals surface area contributed by atoms with Gasteiger partial charge in [-0.2, -0.15) is 0 Å². The van der Waals surface area contributed by atoms with Crippen LogP contribution in [-0.2, 0) is 11.2 Å². The van der Waals surface area contributed by atoms with Gasteiger partial charge in [0.05, 0.1) is 0 Å². The molecule has 0 radical (unpaired) electrons. The Kier molecular flexibility index (Phi) is 5.32. The molecular formula is C17H18FNO2. The summed E-state index contributed by atoms with van der Waals surface area (Å²) < 4.78 is 18.4. The monoisotopic (exact) mass is 287 g/mol. The van der Waals surface area contributed by atoms with Crippen LogP contribution in [0.15, 0.2) is 48.5 Å². The lowest BCUT2D eigenvalue weighted by Crippen LogP contribution is -2.09. The van der Waals surface area contributed by atoms with Crippen molar-refractivity contribution in [1.29, 1.82) is 0 Å². The number of rotatable bonds is 7. The summed E-state index contributed by atoms with van der Waals surface area (Å²) in [6, 6.07) is 13.6. The van der Waals surface area contributed by atoms with Crippen LogP contribution in [-0.4, -0.2) is 5.91 Å². The Morgan fingerprint density at radius 2 is 1.52 bits per heavy atom. The second-order valence-corrected chi connectivity index (χ2v) is 4.87. The van der Waals surface area contributed by atoms with Crippen LogP contribution in [0.3, 0.4) is 0 Å². The molecule has 110 valence electrons. The van der Waals surface area contributed by atoms with Crippen molar-refractivity contribution < 1.29 is 13.9 Å². The van der Waals surface area contributed by atoms with Gasteiger partial charge < -0.3 is 10.5 Å². The van der Waals surface area contributed by atoms with E-state index in [1.54, 1.807) is 12.1 Å². The first-order valence-electron chi connectivity index (χ1n) is 6.94. The zero-order valence-electron chi connectivity index (χ0n) is 11.7. The average Bonchev–Trinajstić information content (AvgIpc) is 2.47. The number of amides is 1. The summed E-state index contributed by atoms with van der Waals surface area (Å²) in [4.78, 5) is 10.6. The fourth-order valence-electron chi connectivity index (χ4n) is 1.99. The van der Waals surface area contributed by atoms with Crippen LogP contribution >= 0.6 is 0 Å². The molecule has 0 aliphatic carbocycles. The number of ether oxygens (including phenoxy) is 1. The van der Waals surface area contributed by atoms with Gasteiger partial charge in [0.15, 0.2) is 0 Å². The van der Waals surface area contributed by atoms with E-state index in [2.05, 4.69) is 0 Å². The maximum atomic E-state index is 12.8. The first kappa shape index (κ1) is 15.0. The predicted molar refractivity (Wildman–Crippen MR) is 79.7 cm³/mol. The number of benzene rings is 2. The second-order valence-electron chi connectivity index (χ2n) is 4.87. The van der Waals surface area contributed by atoms with Gasteiger partial charge in [0, 0.05) is 6.42 Å². The summed E-state index contributed by atoms with van der Waals surface area (Å²) in [5.41, 5.74) is 6.28. The van der Waals surface area contributed by atoms with E-state index in [1.807, 2.05) is 24.3 Å². The zero-order valence-corrected chi connectivity index (χ0v) is 11.7. The number of unbranched alkanes of at least 4 members (excludes halogenated alkanes) is 1. The van der Waals surface area contributed by atoms with Crippen LogP contribution in [0.2, 0.25) is 0 Å². The molecule has 2 N–H and O–H groups in total. The third kappa shape index (κ3) is 5.26. The van der Waals surface area contributed by atoms with Gasteiger partial charge in [-0.3, -0.25) is 4.79 Å². The Labute approximate surface area is 123 Å². The lowest BCUT2D eigenvalue weighted by atomic mass is 10.1. The molecule has 2 aromatic carbocycles. The molecule has 0 aliphatic heterocycles. The fraction of sp³-hybridized carbons (Fsp3) is 0.235. The summed E-state index contributed by atoms with van der Waals surface area (Å²) in [6.45, 7) is 0. The van der Waals surface area contributed by atoms with Crippen LogP contribution in [0, 0.1) is 5.82 Å². The molecule has 0 bridgehead atoms. The molecule has 0 heterocycles. The van der Waals surface area contributed by atoms with Gasteiger partial charge in [-0.15, -0.1) is 0 Å². The minimum Gasteiger partial charge on any atom is -0.457 e. The number of primary amides is 1. The van der Waals surface area contributed by atoms with Gasteiger partial charge in [0.25, 0.3) is 0 Å². The van der Waals surface area contributed by atoms with Crippen LogP contribution in [0.1, 0.15) is 24.8 Å². The van der Waals surface area contributed by atoms with E-state index in [-0.39, 0.29) is 11.7 Å². The molecule has 1 amide bonds. The minimum absolute atomic E-state index is 0.252. The Morgan fingerprint density at radius 1 is 0.952 bits per heavy atom. The number of carbonyl (C=O) groups excluding carboxylic acids is 1. The first-order valence-corrected chi connectivity index (χ1v) is 6.94. The number of nitrogens with two attached hydrogens (primary N) is 1. The molecule has 0 atom stereocenters. The van der Waals surface area contributed by atoms with Gasteiger partial charge in [-0.1, -0.05) is 12.1 Å². The molecule has 3 nitrogen and oxygen atoms in total. The second kappa shape index (κ2) is 7.43. The Bertz CT molecular complexity index is 579. The molecule has 0 aromatic heterocycles. The third-order valence-electron chi connectivity index (χ3n) is 3.11. The normalized spacial score (nSPS) is 10.3. The standard InChI is InChI=1S/C17H18FNO2/c18-14-7-11-16(12-8-14)21-15-9-5-13(6-10-15)3-1-2-4-17(19)20/h5-12H,1-4H2,(H2,19,20). The van der Waals surface area contributed by atoms with Gasteiger partial charge in [-0.05, 0) is 61.2 Å². The highest BCUT2D eigenvalue weighted by molar-refractivity contribution is 5.73. The Hall–Kier alpha value is -2.36. The summed E-state index contributed by atoms with van der Waals surface area (Å²) >= 11 is 0. The fourth-order valence-corrected chi connectivity index (χ4v) is 1.99. The van der Waals surface area contributed by atoms with Crippen LogP contribution in [0.25, 0.3) is 0 Å². The molecule has 0 spiro atoms. The number of aryl methyl sites for hydroxylation is 1. The molecule has 2 aromatic rings. The van der Waals surface area contributed by atoms with Crippen molar-refractivity contribution in [2.45, 2.75) is 25.7 Å². The molecule has 0 unspecified atom stereocenters.